The molecular formula is C41H62N2O3. The molecule has 0 saturated heterocycles. The van der Waals surface area contributed by atoms with Gasteiger partial charge < -0.3 is 16.2 Å². The minimum Gasteiger partial charge on any atom is -0.478 e. The minimum atomic E-state index is -0.857. The van der Waals surface area contributed by atoms with E-state index in [0.29, 0.717) is 47.6 Å². The molecule has 1 aromatic rings. The Morgan fingerprint density at radius 3 is 2.17 bits per heavy atom. The van der Waals surface area contributed by atoms with Gasteiger partial charge in [-0.05, 0) is 160 Å². The van der Waals surface area contributed by atoms with Crippen molar-refractivity contribution in [1.82, 2.24) is 5.32 Å². The van der Waals surface area contributed by atoms with Crippen molar-refractivity contribution in [1.29, 1.82) is 0 Å². The Kier molecular flexibility index (Phi) is 8.03. The molecule has 0 aliphatic heterocycles. The summed E-state index contributed by atoms with van der Waals surface area (Å²) in [5, 5.41) is 12.8. The molecule has 5 nitrogen and oxygen atoms in total. The summed E-state index contributed by atoms with van der Waals surface area (Å²) >= 11 is 0. The highest BCUT2D eigenvalue weighted by Gasteiger charge is 2.71. The topological polar surface area (TPSA) is 92.4 Å². The fourth-order valence-electron chi connectivity index (χ4n) is 13.5. The molecule has 0 spiro atoms. The first-order chi connectivity index (χ1) is 21.3. The average Bonchev–Trinajstić information content (AvgIpc) is 3.37. The number of carboxylic acid groups (broad SMARTS) is 1. The summed E-state index contributed by atoms with van der Waals surface area (Å²) < 4.78 is 0. The molecule has 4 N–H and O–H groups in total. The predicted molar refractivity (Wildman–Crippen MR) is 186 cm³/mol. The number of carbonyl (C=O) groups excluding carboxylic acids is 1. The lowest BCUT2D eigenvalue weighted by molar-refractivity contribution is -0.237. The number of allylic oxidation sites excluding steroid dienone is 1. The van der Waals surface area contributed by atoms with Gasteiger partial charge in [-0.25, -0.2) is 4.79 Å². The SMILES string of the molecule is C=C(C)[C@@H]1CC[C@]2(C(=O)NCC(C)(C)N)CC[C@]3(C)[C@H](CCC4[C@@]5(C)CCC(c6ccc(C(=O)O)cc6)C(C)(C)C5CC[C@]43C)[C@@H]12. The number of nitrogens with one attached hydrogen (secondary N) is 1. The van der Waals surface area contributed by atoms with Crippen molar-refractivity contribution in [3.8, 4) is 0 Å². The van der Waals surface area contributed by atoms with Crippen LogP contribution in [0.3, 0.4) is 0 Å². The van der Waals surface area contributed by atoms with Crippen LogP contribution in [0.1, 0.15) is 141 Å². The van der Waals surface area contributed by atoms with Crippen LogP contribution in [0.5, 0.6) is 0 Å². The smallest absolute Gasteiger partial charge is 0.335 e. The maximum absolute atomic E-state index is 14.2. The summed E-state index contributed by atoms with van der Waals surface area (Å²) in [6.07, 6.45) is 11.5. The standard InChI is InChI=1S/C41H62N2O3/c1-25(2)28-16-21-41(35(46)43-24-36(3,4)42)23-22-39(8)30(33(28)41)14-15-32-38(7)19-17-29(26-10-12-27(13-11-26)34(44)45)37(5,6)31(38)18-20-40(32,39)9/h10-13,28-33H,1,14-24,42H2,2-9H3,(H,43,46)(H,44,45)/t28-,29?,30+,31?,32?,33+,38-,39+,40+,41-/m0/s1. The molecule has 5 heteroatoms. The minimum absolute atomic E-state index is 0.129. The van der Waals surface area contributed by atoms with Crippen molar-refractivity contribution in [3.05, 3.63) is 47.5 Å². The molecule has 5 saturated carbocycles. The number of fused-ring (bicyclic) bond motifs is 7. The van der Waals surface area contributed by atoms with Crippen LogP contribution in [0.2, 0.25) is 0 Å². The Bertz CT molecular complexity index is 1390. The van der Waals surface area contributed by atoms with Gasteiger partial charge >= 0.3 is 5.97 Å². The predicted octanol–water partition coefficient (Wildman–Crippen LogP) is 8.98. The van der Waals surface area contributed by atoms with Gasteiger partial charge in [0.05, 0.1) is 11.0 Å². The van der Waals surface area contributed by atoms with Gasteiger partial charge in [0, 0.05) is 12.1 Å². The molecule has 5 aliphatic carbocycles. The van der Waals surface area contributed by atoms with Crippen LogP contribution in [-0.2, 0) is 4.79 Å². The highest BCUT2D eigenvalue weighted by Crippen LogP contribution is 2.78. The number of nitrogens with two attached hydrogens (primary N) is 1. The molecule has 6 rings (SSSR count). The number of hydrogen-bond acceptors (Lipinski definition) is 3. The largest absolute Gasteiger partial charge is 0.478 e. The van der Waals surface area contributed by atoms with Gasteiger partial charge in [0.15, 0.2) is 0 Å². The number of aromatic carboxylic acids is 1. The zero-order valence-corrected chi connectivity index (χ0v) is 30.1. The van der Waals surface area contributed by atoms with E-state index in [0.717, 1.165) is 32.1 Å². The van der Waals surface area contributed by atoms with Gasteiger partial charge in [-0.15, -0.1) is 0 Å². The summed E-state index contributed by atoms with van der Waals surface area (Å²) in [5.74, 6) is 2.42. The zero-order chi connectivity index (χ0) is 33.7. The maximum Gasteiger partial charge on any atom is 0.335 e. The molecule has 0 aromatic heterocycles. The number of amides is 1. The molecule has 5 fully saturated rings. The van der Waals surface area contributed by atoms with Gasteiger partial charge in [-0.2, -0.15) is 0 Å². The molecule has 0 heterocycles. The number of carbonyl (C=O) groups is 2. The third-order valence-electron chi connectivity index (χ3n) is 15.8. The van der Waals surface area contributed by atoms with Crippen LogP contribution in [0.4, 0.5) is 0 Å². The lowest BCUT2D eigenvalue weighted by atomic mass is 9.31. The quantitative estimate of drug-likeness (QED) is 0.274. The van der Waals surface area contributed by atoms with Gasteiger partial charge in [-0.1, -0.05) is 58.9 Å². The van der Waals surface area contributed by atoms with E-state index >= 15 is 0 Å². The number of carboxylic acids is 1. The van der Waals surface area contributed by atoms with Crippen molar-refractivity contribution in [2.45, 2.75) is 131 Å². The van der Waals surface area contributed by atoms with Crippen molar-refractivity contribution >= 4 is 11.9 Å². The first-order valence-corrected chi connectivity index (χ1v) is 18.4. The number of benzene rings is 1. The van der Waals surface area contributed by atoms with Gasteiger partial charge in [0.2, 0.25) is 5.91 Å². The van der Waals surface area contributed by atoms with Crippen LogP contribution in [0.25, 0.3) is 0 Å². The molecule has 254 valence electrons. The number of hydrogen-bond donors (Lipinski definition) is 3. The Morgan fingerprint density at radius 1 is 0.891 bits per heavy atom. The van der Waals surface area contributed by atoms with Gasteiger partial charge in [-0.3, -0.25) is 4.79 Å². The number of rotatable bonds is 6. The van der Waals surface area contributed by atoms with E-state index in [4.69, 9.17) is 5.73 Å². The second kappa shape index (κ2) is 10.9. The van der Waals surface area contributed by atoms with E-state index in [-0.39, 0.29) is 33.0 Å². The normalized spacial score (nSPS) is 43.0. The Morgan fingerprint density at radius 2 is 1.57 bits per heavy atom. The molecule has 3 unspecified atom stereocenters. The van der Waals surface area contributed by atoms with Gasteiger partial charge in [0.1, 0.15) is 0 Å². The third kappa shape index (κ3) is 4.78. The van der Waals surface area contributed by atoms with E-state index in [2.05, 4.69) is 65.6 Å². The monoisotopic (exact) mass is 630 g/mol. The third-order valence-corrected chi connectivity index (χ3v) is 15.8. The van der Waals surface area contributed by atoms with Crippen LogP contribution < -0.4 is 11.1 Å². The molecule has 5 aliphatic rings. The Labute approximate surface area is 278 Å². The second-order valence-electron chi connectivity index (χ2n) is 18.9. The van der Waals surface area contributed by atoms with Crippen molar-refractivity contribution in [2.24, 2.45) is 62.4 Å². The van der Waals surface area contributed by atoms with Crippen molar-refractivity contribution < 1.29 is 14.7 Å². The highest BCUT2D eigenvalue weighted by molar-refractivity contribution is 5.87. The van der Waals surface area contributed by atoms with Crippen LogP contribution in [0.15, 0.2) is 36.4 Å². The maximum atomic E-state index is 14.2. The summed E-state index contributed by atoms with van der Waals surface area (Å²) in [6.45, 7) is 24.2. The van der Waals surface area contributed by atoms with Crippen LogP contribution in [-0.4, -0.2) is 29.1 Å². The van der Waals surface area contributed by atoms with E-state index in [1.165, 1.54) is 43.2 Å². The molecule has 0 bridgehead atoms. The van der Waals surface area contributed by atoms with E-state index in [9.17, 15) is 14.7 Å². The molecule has 46 heavy (non-hydrogen) atoms. The van der Waals surface area contributed by atoms with Crippen molar-refractivity contribution in [2.75, 3.05) is 6.54 Å². The summed E-state index contributed by atoms with van der Waals surface area (Å²) in [6, 6.07) is 7.75. The van der Waals surface area contributed by atoms with Crippen LogP contribution >= 0.6 is 0 Å². The Balaban J connectivity index is 1.31. The van der Waals surface area contributed by atoms with E-state index in [1.54, 1.807) is 12.1 Å². The fraction of sp³-hybridized carbons (Fsp3) is 0.756. The second-order valence-corrected chi connectivity index (χ2v) is 18.9. The van der Waals surface area contributed by atoms with Crippen molar-refractivity contribution in [3.63, 3.8) is 0 Å². The van der Waals surface area contributed by atoms with Gasteiger partial charge in [0.25, 0.3) is 0 Å². The van der Waals surface area contributed by atoms with E-state index < -0.39 is 11.5 Å². The van der Waals surface area contributed by atoms with Crippen LogP contribution in [0, 0.1) is 56.7 Å². The fourth-order valence-corrected chi connectivity index (χ4v) is 13.5. The molecular weight excluding hydrogens is 568 g/mol. The lowest BCUT2D eigenvalue weighted by Gasteiger charge is -2.73. The molecule has 10 atom stereocenters. The average molecular weight is 631 g/mol. The van der Waals surface area contributed by atoms with E-state index in [1.807, 2.05) is 13.8 Å². The highest BCUT2D eigenvalue weighted by atomic mass is 16.4. The zero-order valence-electron chi connectivity index (χ0n) is 30.1. The molecule has 1 amide bonds. The Hall–Kier alpha value is -2.14. The first-order valence-electron chi connectivity index (χ1n) is 18.4. The summed E-state index contributed by atoms with van der Waals surface area (Å²) in [4.78, 5) is 25.8. The first kappa shape index (κ1) is 33.7. The summed E-state index contributed by atoms with van der Waals surface area (Å²) in [7, 11) is 0. The summed E-state index contributed by atoms with van der Waals surface area (Å²) in [5.41, 5.74) is 9.36. The molecule has 1 aromatic carbocycles. The lowest BCUT2D eigenvalue weighted by Crippen LogP contribution is -2.67. The molecule has 0 radical (unpaired) electrons.